The van der Waals surface area contributed by atoms with E-state index in [9.17, 15) is 78.6 Å². The Morgan fingerprint density at radius 2 is 0.511 bits per heavy atom. The number of ether oxygens (including phenoxy) is 18. The van der Waals surface area contributed by atoms with Crippen LogP contribution in [0.25, 0.3) is 0 Å². The number of hydrogen-bond donors (Lipinski definition) is 4. The van der Waals surface area contributed by atoms with Crippen LogP contribution in [0.2, 0.25) is 0 Å². The predicted molar refractivity (Wildman–Crippen MR) is 482 cm³/mol. The van der Waals surface area contributed by atoms with E-state index in [1.807, 2.05) is 24.3 Å². The average molecular weight is 2070 g/mol. The lowest BCUT2D eigenvalue weighted by molar-refractivity contribution is -0.277. The molecule has 49 nitrogen and oxygen atoms in total. The summed E-state index contributed by atoms with van der Waals surface area (Å²) in [5.41, 5.74) is 5.25. The van der Waals surface area contributed by atoms with E-state index in [4.69, 9.17) is 141 Å². The molecule has 0 aromatic heterocycles. The lowest BCUT2D eigenvalue weighted by Gasteiger charge is -2.44. The number of esters is 9. The number of amides is 3. The van der Waals surface area contributed by atoms with Gasteiger partial charge in [-0.1, -0.05) is 38.5 Å². The number of nitrogens with zero attached hydrogens (tertiary/aromatic N) is 4. The summed E-state index contributed by atoms with van der Waals surface area (Å²) in [4.78, 5) is 146. The van der Waals surface area contributed by atoms with Crippen molar-refractivity contribution >= 4 is 106 Å². The van der Waals surface area contributed by atoms with Gasteiger partial charge < -0.3 is 151 Å². The molecule has 0 spiro atoms. The highest BCUT2D eigenvalue weighted by Crippen LogP contribution is 2.43. The van der Waals surface area contributed by atoms with E-state index >= 15 is 0 Å². The number of rotatable bonds is 78. The maximum Gasteiger partial charge on any atom is 0.332 e. The molecule has 19 atom stereocenters. The highest BCUT2D eigenvalue weighted by Gasteiger charge is 2.55. The van der Waals surface area contributed by atoms with Crippen molar-refractivity contribution in [3.8, 4) is 24.3 Å². The smallest absolute Gasteiger partial charge is 0.332 e. The first-order valence-electron chi connectivity index (χ1n) is 45.8. The van der Waals surface area contributed by atoms with E-state index in [0.717, 1.165) is 41.5 Å². The maximum atomic E-state index is 12.4. The van der Waals surface area contributed by atoms with Crippen LogP contribution in [-0.4, -0.2) is 315 Å². The molecule has 3 fully saturated rings. The van der Waals surface area contributed by atoms with Crippen LogP contribution in [0.4, 0.5) is 0 Å². The molecule has 3 amide bonds. The molecule has 3 saturated heterocycles. The van der Waals surface area contributed by atoms with Crippen molar-refractivity contribution in [1.29, 1.82) is 21.0 Å². The number of nitrogens with one attached hydrogen (secondary N) is 3. The predicted octanol–water partition coefficient (Wildman–Crippen LogP) is 7.60. The zero-order valence-electron chi connectivity index (χ0n) is 81.3. The van der Waals surface area contributed by atoms with Gasteiger partial charge in [-0.05, 0) is 57.8 Å². The zero-order valence-corrected chi connectivity index (χ0v) is 84.8. The van der Waals surface area contributed by atoms with Gasteiger partial charge in [-0.15, -0.1) is 0 Å². The third-order valence-corrected chi connectivity index (χ3v) is 23.4. The summed E-state index contributed by atoms with van der Waals surface area (Å²) in [5, 5.41) is 45.4. The lowest BCUT2D eigenvalue weighted by Crippen LogP contribution is -2.66. The van der Waals surface area contributed by atoms with Gasteiger partial charge in [0.1, 0.15) is 56.3 Å². The molecule has 0 saturated carbocycles. The van der Waals surface area contributed by atoms with Crippen molar-refractivity contribution in [3.63, 3.8) is 0 Å². The van der Waals surface area contributed by atoms with Crippen molar-refractivity contribution in [3.05, 3.63) is 0 Å². The second-order valence-corrected chi connectivity index (χ2v) is 36.2. The molecule has 3 aliphatic rings. The molecule has 0 aromatic carbocycles. The summed E-state index contributed by atoms with van der Waals surface area (Å²) in [5.74, 6) is -8.01. The highest BCUT2D eigenvalue weighted by molar-refractivity contribution is 7.44. The van der Waals surface area contributed by atoms with Crippen LogP contribution >= 0.6 is 34.3 Å². The maximum absolute atomic E-state index is 12.4. The Balaban J connectivity index is 1.75. The standard InChI is InChI=1S/C86H140N8O41P4/c1-59(95)92-74-80(130-68(10)104)77(127-65(7)101)71(52-113-62(4)98)133-83(74)110-39-19-13-16-22-42-117-137(120-46-26-33-88)123-49-29-36-107-55-86(58-126-136(91)116-45-25-32-87,56-108-37-30-50-124-138(121-47-27-34-89)118-43-23-17-14-20-40-111-84-75(93-60(2)96)81(131-69(11)105)78(128-66(8)102)72(134-84)53-114-63(5)99)57-109-38-31-51-125-139(122-48-28-35-90)119-44-24-18-15-21-41-112-85-76(94-61(3)97)82(132-70(12)106)79(129-67(9)103)73(135-85)54-115-64(6)100/h71-85H,13-31,36-58,91H2,1-12H3,(H,92,95)(H,93,96)(H,94,97)/t71?,72?,73?,74-,75-,76-,77-,78-,79-,80?,81?,82?,83+,84+,85+,86?,136?,137?,138?,139?/m0/s1. The molecule has 3 rings (SSSR count). The molecule has 790 valence electrons. The molecule has 10 unspecified atom stereocenters. The van der Waals surface area contributed by atoms with Gasteiger partial charge in [-0.2, -0.15) is 21.0 Å². The van der Waals surface area contributed by atoms with Crippen LogP contribution in [0.3, 0.4) is 0 Å². The quantitative estimate of drug-likeness (QED) is 0.0197. The molecule has 5 N–H and O–H groups in total. The number of carbonyl (C=O) groups excluding carboxylic acids is 12. The first-order chi connectivity index (χ1) is 66.6. The monoisotopic (exact) mass is 2060 g/mol. The van der Waals surface area contributed by atoms with Crippen LogP contribution in [0.5, 0.6) is 0 Å². The van der Waals surface area contributed by atoms with Crippen molar-refractivity contribution < 1.29 is 193 Å². The minimum Gasteiger partial charge on any atom is -0.463 e. The Labute approximate surface area is 816 Å². The third kappa shape index (κ3) is 58.1. The van der Waals surface area contributed by atoms with Crippen LogP contribution in [0.1, 0.15) is 205 Å². The topological polar surface area (TPSA) is 630 Å². The van der Waals surface area contributed by atoms with E-state index < -0.39 is 203 Å². The fraction of sp³-hybridized carbons (Fsp3) is 0.814. The highest BCUT2D eigenvalue weighted by atomic mass is 31.2. The second kappa shape index (κ2) is 76.2. The SMILES string of the molecule is CC(=O)N[C@H]1C(OC(C)=O)[C@@H](OC(C)=O)C(COC(C)=O)O[C@H]1OCCCCCCOP(OCCC#N)OCCCOCC(COCCCOP(OCCC#N)OCCCCCCO[C@@H]1OC(COC(C)=O)[C@H](OC(C)=O)C(OC(C)=O)[C@@H]1NC(C)=O)(COCCCOP(OCCC#N)OCCCCCCO[C@@H]1OC(COC(C)=O)[C@H](OC(C)=O)C(OC(C)=O)[C@@H]1NC(C)=O)COP(N)OCCC#N. The molecule has 0 aliphatic carbocycles. The summed E-state index contributed by atoms with van der Waals surface area (Å²) >= 11 is 0. The summed E-state index contributed by atoms with van der Waals surface area (Å²) < 4.78 is 170. The first-order valence-corrected chi connectivity index (χ1v) is 50.3. The molecule has 139 heavy (non-hydrogen) atoms. The minimum absolute atomic E-state index is 0.0136. The average Bonchev–Trinajstić information content (AvgIpc) is 0.794. The van der Waals surface area contributed by atoms with E-state index in [1.165, 1.54) is 41.5 Å². The number of nitriles is 4. The Morgan fingerprint density at radius 1 is 0.281 bits per heavy atom. The van der Waals surface area contributed by atoms with Gasteiger partial charge in [-0.3, -0.25) is 63.0 Å². The first kappa shape index (κ1) is 126. The van der Waals surface area contributed by atoms with Gasteiger partial charge in [0, 0.05) is 123 Å². The van der Waals surface area contributed by atoms with E-state index in [2.05, 4.69) is 16.0 Å². The zero-order chi connectivity index (χ0) is 103. The molecule has 3 heterocycles. The van der Waals surface area contributed by atoms with E-state index in [-0.39, 0.29) is 178 Å². The van der Waals surface area contributed by atoms with Crippen LogP contribution in [0.15, 0.2) is 0 Å². The fourth-order valence-corrected chi connectivity index (χ4v) is 17.1. The Morgan fingerprint density at radius 3 is 0.748 bits per heavy atom. The number of unbranched alkanes of at least 4 members (excludes halogenated alkanes) is 9. The van der Waals surface area contributed by atoms with E-state index in [1.54, 1.807) is 0 Å². The normalized spacial score (nSPS) is 22.4. The van der Waals surface area contributed by atoms with Gasteiger partial charge in [-0.25, -0.2) is 0 Å². The molecule has 0 bridgehead atoms. The van der Waals surface area contributed by atoms with Gasteiger partial charge in [0.15, 0.2) is 55.5 Å². The van der Waals surface area contributed by atoms with Crippen molar-refractivity contribution in [2.45, 2.75) is 297 Å². The van der Waals surface area contributed by atoms with Crippen molar-refractivity contribution in [2.75, 3.05) is 152 Å². The summed E-state index contributed by atoms with van der Waals surface area (Å²) in [6.45, 7) is 14.2. The Bertz CT molecular complexity index is 3420. The number of nitrogens with two attached hydrogens (primary N) is 1. The summed E-state index contributed by atoms with van der Waals surface area (Å²) in [6, 6.07) is 4.75. The van der Waals surface area contributed by atoms with Gasteiger partial charge in [0.2, 0.25) is 17.7 Å². The van der Waals surface area contributed by atoms with Crippen molar-refractivity contribution in [2.24, 2.45) is 10.9 Å². The van der Waals surface area contributed by atoms with Crippen LogP contribution < -0.4 is 21.5 Å². The number of carbonyl (C=O) groups is 12. The van der Waals surface area contributed by atoms with Crippen LogP contribution in [-0.2, 0) is 193 Å². The molecular formula is C86H140N8O41P4. The van der Waals surface area contributed by atoms with Gasteiger partial charge in [0.25, 0.3) is 8.53 Å². The Kier molecular flexibility index (Phi) is 68.8. The molecule has 53 heteroatoms. The molecular weight excluding hydrogens is 1920 g/mol. The largest absolute Gasteiger partial charge is 0.463 e. The minimum atomic E-state index is -2.05. The second-order valence-electron chi connectivity index (χ2n) is 31.4. The molecule has 0 aromatic rings. The molecule has 3 aliphatic heterocycles. The Hall–Kier alpha value is -7.52. The summed E-state index contributed by atoms with van der Waals surface area (Å²) in [6.07, 6.45) is -6.73. The molecule has 0 radical (unpaired) electrons. The lowest BCUT2D eigenvalue weighted by atomic mass is 9.92. The van der Waals surface area contributed by atoms with E-state index in [0.29, 0.717) is 96.3 Å². The fourth-order valence-electron chi connectivity index (χ4n) is 13.3. The van der Waals surface area contributed by atoms with Crippen molar-refractivity contribution in [1.82, 2.24) is 16.0 Å². The van der Waals surface area contributed by atoms with Crippen LogP contribution in [0, 0.1) is 50.7 Å². The summed E-state index contributed by atoms with van der Waals surface area (Å²) in [7, 11) is -7.89. The van der Waals surface area contributed by atoms with Gasteiger partial charge >= 0.3 is 79.5 Å². The number of hydrogen-bond acceptors (Lipinski definition) is 46. The van der Waals surface area contributed by atoms with Gasteiger partial charge in [0.05, 0.1) is 148 Å². The third-order valence-electron chi connectivity index (χ3n) is 19.0.